The molecule has 0 aliphatic rings. The number of pyridine rings is 2. The van der Waals surface area contributed by atoms with E-state index in [0.717, 1.165) is 42.1 Å². The molecule has 36 heavy (non-hydrogen) atoms. The number of nitrogens with zero attached hydrogens (tertiary/aromatic N) is 3. The van der Waals surface area contributed by atoms with Crippen LogP contribution < -0.4 is 14.2 Å². The molecule has 0 saturated heterocycles. The summed E-state index contributed by atoms with van der Waals surface area (Å²) < 4.78 is 81.7. The van der Waals surface area contributed by atoms with Crippen molar-refractivity contribution in [2.75, 3.05) is 11.8 Å². The first-order chi connectivity index (χ1) is 17.0. The Morgan fingerprint density at radius 1 is 1.14 bits per heavy atom. The molecular weight excluding hydrogens is 499 g/mol. The molecule has 0 fully saturated rings. The number of rotatable bonds is 8. The van der Waals surface area contributed by atoms with Crippen molar-refractivity contribution in [3.8, 4) is 11.6 Å². The summed E-state index contributed by atoms with van der Waals surface area (Å²) in [4.78, 5) is 7.15. The lowest BCUT2D eigenvalue weighted by Crippen LogP contribution is -2.17. The highest BCUT2D eigenvalue weighted by Gasteiger charge is 2.25. The molecule has 9 nitrogen and oxygen atoms in total. The summed E-state index contributed by atoms with van der Waals surface area (Å²) in [6, 6.07) is 2.48. The second kappa shape index (κ2) is 9.64. The first kappa shape index (κ1) is 25.2. The predicted molar refractivity (Wildman–Crippen MR) is 125 cm³/mol. The molecule has 0 atom stereocenters. The molecule has 0 unspecified atom stereocenters. The van der Waals surface area contributed by atoms with Crippen molar-refractivity contribution in [2.45, 2.75) is 38.2 Å². The van der Waals surface area contributed by atoms with Crippen molar-refractivity contribution in [3.05, 3.63) is 64.9 Å². The van der Waals surface area contributed by atoms with E-state index in [0.29, 0.717) is 17.5 Å². The fourth-order valence-corrected chi connectivity index (χ4v) is 4.94. The molecule has 190 valence electrons. The van der Waals surface area contributed by atoms with E-state index < -0.39 is 56.1 Å². The Balaban J connectivity index is 1.67. The topological polar surface area (TPSA) is 119 Å². The number of fused-ring (bicyclic) bond motifs is 1. The summed E-state index contributed by atoms with van der Waals surface area (Å²) in [7, 11) is -3.39. The number of hydrogen-bond donors (Lipinski definition) is 2. The highest BCUT2D eigenvalue weighted by atomic mass is 32.2. The Bertz CT molecular complexity index is 1560. The number of methoxy groups -OCH3 is 1. The highest BCUT2D eigenvalue weighted by Crippen LogP contribution is 2.35. The van der Waals surface area contributed by atoms with Crippen LogP contribution in [0.15, 0.2) is 35.5 Å². The minimum absolute atomic E-state index is 0.0236. The van der Waals surface area contributed by atoms with E-state index in [1.807, 2.05) is 25.5 Å². The number of hydrogen-bond acceptors (Lipinski definition) is 7. The summed E-state index contributed by atoms with van der Waals surface area (Å²) in [5.41, 5.74) is 0.930. The number of benzene rings is 1. The summed E-state index contributed by atoms with van der Waals surface area (Å²) in [6.45, 7) is 5.13. The molecular formula is C23H22F3N5O4S. The minimum Gasteiger partial charge on any atom is -0.487 e. The molecule has 0 amide bonds. The molecule has 3 heterocycles. The van der Waals surface area contributed by atoms with Gasteiger partial charge in [-0.15, -0.1) is 0 Å². The van der Waals surface area contributed by atoms with Gasteiger partial charge < -0.3 is 9.47 Å². The standard InChI is InChI=1S/C23H22F3N5O4S/c1-11(2)19-17(9-27-22-20(19)12(3)29-30-22)35-10-14-15(25)5-6-16(21(14)26)31-36(32,33)18-7-13(24)8-28-23(18)34-4/h5-9,11,31H,10H2,1-4H3,(H,27,29,30). The van der Waals surface area contributed by atoms with Crippen molar-refractivity contribution in [3.63, 3.8) is 0 Å². The van der Waals surface area contributed by atoms with Gasteiger partial charge in [0.15, 0.2) is 16.4 Å². The number of ether oxygens (including phenoxy) is 2. The molecule has 4 aromatic rings. The number of halogens is 3. The number of anilines is 1. The Labute approximate surface area is 204 Å². The van der Waals surface area contributed by atoms with Crippen molar-refractivity contribution in [1.82, 2.24) is 20.2 Å². The van der Waals surface area contributed by atoms with E-state index in [2.05, 4.69) is 20.2 Å². The van der Waals surface area contributed by atoms with E-state index in [1.54, 1.807) is 0 Å². The van der Waals surface area contributed by atoms with Crippen molar-refractivity contribution in [1.29, 1.82) is 0 Å². The van der Waals surface area contributed by atoms with Gasteiger partial charge in [-0.3, -0.25) is 9.82 Å². The summed E-state index contributed by atoms with van der Waals surface area (Å²) in [5, 5.41) is 7.73. The normalized spacial score (nSPS) is 11.8. The third-order valence-electron chi connectivity index (χ3n) is 5.41. The molecule has 3 aromatic heterocycles. The van der Waals surface area contributed by atoms with Gasteiger partial charge in [-0.25, -0.2) is 31.6 Å². The zero-order valence-electron chi connectivity index (χ0n) is 19.7. The van der Waals surface area contributed by atoms with Gasteiger partial charge in [-0.1, -0.05) is 13.8 Å². The number of aryl methyl sites for hydroxylation is 1. The molecule has 13 heteroatoms. The molecule has 0 aliphatic carbocycles. The third-order valence-corrected chi connectivity index (χ3v) is 6.77. The largest absolute Gasteiger partial charge is 0.487 e. The van der Waals surface area contributed by atoms with Crippen LogP contribution in [-0.2, 0) is 16.6 Å². The Kier molecular flexibility index (Phi) is 6.76. The quantitative estimate of drug-likeness (QED) is 0.348. The molecule has 2 N–H and O–H groups in total. The molecule has 0 saturated carbocycles. The Morgan fingerprint density at radius 3 is 2.58 bits per heavy atom. The third kappa shape index (κ3) is 4.65. The summed E-state index contributed by atoms with van der Waals surface area (Å²) in [5.74, 6) is -3.19. The van der Waals surface area contributed by atoms with E-state index in [-0.39, 0.29) is 5.92 Å². The van der Waals surface area contributed by atoms with Crippen LogP contribution in [0, 0.1) is 24.4 Å². The van der Waals surface area contributed by atoms with Gasteiger partial charge in [0.2, 0.25) is 5.88 Å². The van der Waals surface area contributed by atoms with E-state index in [4.69, 9.17) is 9.47 Å². The number of nitrogens with one attached hydrogen (secondary N) is 2. The maximum absolute atomic E-state index is 15.3. The smallest absolute Gasteiger partial charge is 0.267 e. The lowest BCUT2D eigenvalue weighted by molar-refractivity contribution is 0.288. The molecule has 4 rings (SSSR count). The highest BCUT2D eigenvalue weighted by molar-refractivity contribution is 7.92. The van der Waals surface area contributed by atoms with Gasteiger partial charge in [0, 0.05) is 22.7 Å². The van der Waals surface area contributed by atoms with Crippen LogP contribution in [0.5, 0.6) is 11.6 Å². The maximum Gasteiger partial charge on any atom is 0.267 e. The summed E-state index contributed by atoms with van der Waals surface area (Å²) >= 11 is 0. The molecule has 1 aromatic carbocycles. The number of H-pyrrole nitrogens is 1. The first-order valence-corrected chi connectivity index (χ1v) is 12.2. The van der Waals surface area contributed by atoms with Crippen molar-refractivity contribution >= 4 is 26.7 Å². The van der Waals surface area contributed by atoms with Gasteiger partial charge in [0.25, 0.3) is 10.0 Å². The second-order valence-corrected chi connectivity index (χ2v) is 9.83. The zero-order chi connectivity index (χ0) is 26.2. The van der Waals surface area contributed by atoms with Crippen LogP contribution in [0.4, 0.5) is 18.9 Å². The molecule has 0 bridgehead atoms. The minimum atomic E-state index is -4.54. The maximum atomic E-state index is 15.3. The van der Waals surface area contributed by atoms with Crippen molar-refractivity contribution < 1.29 is 31.1 Å². The fraction of sp³-hybridized carbons (Fsp3) is 0.261. The lowest BCUT2D eigenvalue weighted by atomic mass is 9.99. The van der Waals surface area contributed by atoms with Crippen LogP contribution in [0.3, 0.4) is 0 Å². The van der Waals surface area contributed by atoms with Crippen LogP contribution >= 0.6 is 0 Å². The lowest BCUT2D eigenvalue weighted by Gasteiger charge is -2.17. The zero-order valence-corrected chi connectivity index (χ0v) is 20.5. The van der Waals surface area contributed by atoms with Gasteiger partial charge in [0.1, 0.15) is 24.0 Å². The van der Waals surface area contributed by atoms with Gasteiger partial charge in [-0.05, 0) is 25.0 Å². The van der Waals surface area contributed by atoms with E-state index in [1.165, 1.54) is 6.20 Å². The van der Waals surface area contributed by atoms with Crippen LogP contribution in [-0.4, -0.2) is 35.7 Å². The van der Waals surface area contributed by atoms with Crippen LogP contribution in [0.2, 0.25) is 0 Å². The van der Waals surface area contributed by atoms with Crippen LogP contribution in [0.25, 0.3) is 11.0 Å². The number of aromatic nitrogens is 4. The predicted octanol–water partition coefficient (Wildman–Crippen LogP) is 4.59. The first-order valence-electron chi connectivity index (χ1n) is 10.7. The van der Waals surface area contributed by atoms with Gasteiger partial charge in [-0.2, -0.15) is 5.10 Å². The fourth-order valence-electron chi connectivity index (χ4n) is 3.75. The van der Waals surface area contributed by atoms with Gasteiger partial charge >= 0.3 is 0 Å². The molecule has 0 spiro atoms. The number of sulfonamides is 1. The van der Waals surface area contributed by atoms with E-state index >= 15 is 4.39 Å². The second-order valence-electron chi connectivity index (χ2n) is 8.18. The van der Waals surface area contributed by atoms with Crippen molar-refractivity contribution in [2.24, 2.45) is 0 Å². The Morgan fingerprint density at radius 2 is 1.89 bits per heavy atom. The average molecular weight is 522 g/mol. The van der Waals surface area contributed by atoms with Crippen LogP contribution in [0.1, 0.15) is 36.6 Å². The Hall–Kier alpha value is -3.87. The monoisotopic (exact) mass is 521 g/mol. The SMILES string of the molecule is COc1ncc(F)cc1S(=O)(=O)Nc1ccc(F)c(COc2cnc3n[nH]c(C)c3c2C(C)C)c1F. The van der Waals surface area contributed by atoms with E-state index in [9.17, 15) is 17.2 Å². The summed E-state index contributed by atoms with van der Waals surface area (Å²) in [6.07, 6.45) is 2.19. The number of aromatic amines is 1. The van der Waals surface area contributed by atoms with Gasteiger partial charge in [0.05, 0.1) is 30.8 Å². The average Bonchev–Trinajstić information content (AvgIpc) is 3.21. The molecule has 0 aliphatic heterocycles. The molecule has 0 radical (unpaired) electrons.